The molecule has 0 aliphatic carbocycles. The first-order valence-electron chi connectivity index (χ1n) is 7.38. The second-order valence-corrected chi connectivity index (χ2v) is 5.21. The first kappa shape index (κ1) is 14.5. The third-order valence-corrected chi connectivity index (χ3v) is 3.58. The monoisotopic (exact) mass is 298 g/mol. The van der Waals surface area contributed by atoms with Crippen LogP contribution in [-0.4, -0.2) is 29.2 Å². The van der Waals surface area contributed by atoms with Crippen LogP contribution in [0.15, 0.2) is 42.6 Å². The van der Waals surface area contributed by atoms with Crippen molar-refractivity contribution < 1.29 is 9.53 Å². The predicted molar refractivity (Wildman–Crippen MR) is 82.8 cm³/mol. The highest BCUT2D eigenvalue weighted by Crippen LogP contribution is 2.23. The fourth-order valence-corrected chi connectivity index (χ4v) is 2.43. The summed E-state index contributed by atoms with van der Waals surface area (Å²) < 4.78 is 5.61. The van der Waals surface area contributed by atoms with Crippen LogP contribution in [0.4, 0.5) is 5.69 Å². The van der Waals surface area contributed by atoms with Crippen LogP contribution in [0.1, 0.15) is 12.8 Å². The zero-order valence-corrected chi connectivity index (χ0v) is 12.2. The number of hydrogen-bond acceptors (Lipinski definition) is 5. The van der Waals surface area contributed by atoms with Crippen LogP contribution < -0.4 is 15.4 Å². The molecule has 1 aliphatic rings. The van der Waals surface area contributed by atoms with Crippen molar-refractivity contribution >= 4 is 11.6 Å². The van der Waals surface area contributed by atoms with Crippen LogP contribution in [0, 0.1) is 5.92 Å². The van der Waals surface area contributed by atoms with Crippen molar-refractivity contribution in [2.24, 2.45) is 5.92 Å². The summed E-state index contributed by atoms with van der Waals surface area (Å²) in [5.41, 5.74) is 0.727. The van der Waals surface area contributed by atoms with E-state index < -0.39 is 0 Å². The lowest BCUT2D eigenvalue weighted by Gasteiger charge is -2.21. The molecule has 6 heteroatoms. The average molecular weight is 298 g/mol. The minimum Gasteiger partial charge on any atom is -0.437 e. The van der Waals surface area contributed by atoms with Gasteiger partial charge in [0.15, 0.2) is 0 Å². The predicted octanol–water partition coefficient (Wildman–Crippen LogP) is 2.21. The zero-order valence-electron chi connectivity index (χ0n) is 12.2. The molecule has 0 spiro atoms. The summed E-state index contributed by atoms with van der Waals surface area (Å²) in [6, 6.07) is 10.8. The summed E-state index contributed by atoms with van der Waals surface area (Å²) in [6.45, 7) is 1.79. The van der Waals surface area contributed by atoms with Crippen molar-refractivity contribution in [3.8, 4) is 11.6 Å². The number of nitrogens with zero attached hydrogens (tertiary/aromatic N) is 2. The Hall–Kier alpha value is -2.47. The Balaban J connectivity index is 1.64. The van der Waals surface area contributed by atoms with Gasteiger partial charge in [0, 0.05) is 29.9 Å². The van der Waals surface area contributed by atoms with Gasteiger partial charge in [-0.1, -0.05) is 6.07 Å². The number of amides is 1. The first-order chi connectivity index (χ1) is 10.8. The summed E-state index contributed by atoms with van der Waals surface area (Å²) in [5, 5.41) is 13.8. The lowest BCUT2D eigenvalue weighted by atomic mass is 9.97. The van der Waals surface area contributed by atoms with Crippen LogP contribution in [0.2, 0.25) is 0 Å². The number of anilines is 1. The first-order valence-corrected chi connectivity index (χ1v) is 7.38. The van der Waals surface area contributed by atoms with Gasteiger partial charge in [-0.3, -0.25) is 4.79 Å². The molecule has 2 N–H and O–H groups in total. The Bertz CT molecular complexity index is 627. The standard InChI is InChI=1S/C16H18N4O2/c21-16(12-6-9-17-10-7-12)19-13-3-1-4-14(11-13)22-15-5-2-8-18-20-15/h1-5,8,11-12,17H,6-7,9-10H2,(H,19,21). The van der Waals surface area contributed by atoms with E-state index in [1.54, 1.807) is 24.4 Å². The van der Waals surface area contributed by atoms with E-state index in [9.17, 15) is 4.79 Å². The SMILES string of the molecule is O=C(Nc1cccc(Oc2cccnn2)c1)C1CCNCC1. The highest BCUT2D eigenvalue weighted by atomic mass is 16.5. The maximum absolute atomic E-state index is 12.2. The van der Waals surface area contributed by atoms with Crippen LogP contribution in [-0.2, 0) is 4.79 Å². The molecule has 22 heavy (non-hydrogen) atoms. The van der Waals surface area contributed by atoms with Gasteiger partial charge in [0.05, 0.1) is 0 Å². The van der Waals surface area contributed by atoms with Gasteiger partial charge >= 0.3 is 0 Å². The molecular weight excluding hydrogens is 280 g/mol. The van der Waals surface area contributed by atoms with Gasteiger partial charge in [0.1, 0.15) is 5.75 Å². The third kappa shape index (κ3) is 3.79. The summed E-state index contributed by atoms with van der Waals surface area (Å²) in [5.74, 6) is 1.18. The van der Waals surface area contributed by atoms with E-state index >= 15 is 0 Å². The third-order valence-electron chi connectivity index (χ3n) is 3.58. The molecule has 0 unspecified atom stereocenters. The molecule has 1 fully saturated rings. The summed E-state index contributed by atoms with van der Waals surface area (Å²) in [6.07, 6.45) is 3.34. The van der Waals surface area contributed by atoms with Gasteiger partial charge in [0.25, 0.3) is 0 Å². The van der Waals surface area contributed by atoms with Crippen LogP contribution in [0.25, 0.3) is 0 Å². The van der Waals surface area contributed by atoms with E-state index in [0.29, 0.717) is 11.6 Å². The number of hydrogen-bond donors (Lipinski definition) is 2. The number of ether oxygens (including phenoxy) is 1. The van der Waals surface area contributed by atoms with Crippen molar-refractivity contribution in [2.75, 3.05) is 18.4 Å². The Morgan fingerprint density at radius 3 is 2.86 bits per heavy atom. The van der Waals surface area contributed by atoms with Crippen LogP contribution in [0.5, 0.6) is 11.6 Å². The topological polar surface area (TPSA) is 76.1 Å². The van der Waals surface area contributed by atoms with Crippen molar-refractivity contribution in [3.05, 3.63) is 42.6 Å². The molecule has 1 saturated heterocycles. The van der Waals surface area contributed by atoms with Crippen LogP contribution in [0.3, 0.4) is 0 Å². The second kappa shape index (κ2) is 7.00. The molecule has 0 saturated carbocycles. The van der Waals surface area contributed by atoms with Crippen molar-refractivity contribution in [2.45, 2.75) is 12.8 Å². The van der Waals surface area contributed by atoms with E-state index in [4.69, 9.17) is 4.74 Å². The molecular formula is C16H18N4O2. The van der Waals surface area contributed by atoms with Crippen molar-refractivity contribution in [1.82, 2.24) is 15.5 Å². The number of rotatable bonds is 4. The quantitative estimate of drug-likeness (QED) is 0.905. The van der Waals surface area contributed by atoms with Gasteiger partial charge in [-0.15, -0.1) is 5.10 Å². The maximum atomic E-state index is 12.2. The number of piperidine rings is 1. The summed E-state index contributed by atoms with van der Waals surface area (Å²) in [4.78, 5) is 12.2. The van der Waals surface area contributed by atoms with E-state index in [1.165, 1.54) is 0 Å². The Labute approximate surface area is 128 Å². The lowest BCUT2D eigenvalue weighted by Crippen LogP contribution is -2.34. The van der Waals surface area contributed by atoms with Crippen molar-refractivity contribution in [3.63, 3.8) is 0 Å². The molecule has 1 aromatic heterocycles. The lowest BCUT2D eigenvalue weighted by molar-refractivity contribution is -0.120. The largest absolute Gasteiger partial charge is 0.437 e. The molecule has 114 valence electrons. The van der Waals surface area contributed by atoms with E-state index in [0.717, 1.165) is 31.6 Å². The molecule has 0 bridgehead atoms. The maximum Gasteiger partial charge on any atom is 0.238 e. The second-order valence-electron chi connectivity index (χ2n) is 5.21. The van der Waals surface area contributed by atoms with Crippen molar-refractivity contribution in [1.29, 1.82) is 0 Å². The van der Waals surface area contributed by atoms with E-state index in [1.807, 2.05) is 18.2 Å². The minimum absolute atomic E-state index is 0.0677. The molecule has 0 atom stereocenters. The Morgan fingerprint density at radius 1 is 1.23 bits per heavy atom. The number of nitrogens with one attached hydrogen (secondary N) is 2. The average Bonchev–Trinajstić information content (AvgIpc) is 2.57. The fraction of sp³-hybridized carbons (Fsp3) is 0.312. The van der Waals surface area contributed by atoms with Crippen LogP contribution >= 0.6 is 0 Å². The van der Waals surface area contributed by atoms with Gasteiger partial charge < -0.3 is 15.4 Å². The highest BCUT2D eigenvalue weighted by Gasteiger charge is 2.20. The molecule has 1 amide bonds. The number of carbonyl (C=O) groups excluding carboxylic acids is 1. The van der Waals surface area contributed by atoms with Gasteiger partial charge in [-0.2, -0.15) is 5.10 Å². The highest BCUT2D eigenvalue weighted by molar-refractivity contribution is 5.92. The Kier molecular flexibility index (Phi) is 4.60. The normalized spacial score (nSPS) is 15.3. The van der Waals surface area contributed by atoms with E-state index in [2.05, 4.69) is 20.8 Å². The zero-order chi connectivity index (χ0) is 15.2. The summed E-state index contributed by atoms with van der Waals surface area (Å²) >= 11 is 0. The van der Waals surface area contributed by atoms with E-state index in [-0.39, 0.29) is 11.8 Å². The molecule has 3 rings (SSSR count). The number of benzene rings is 1. The summed E-state index contributed by atoms with van der Waals surface area (Å²) in [7, 11) is 0. The fourth-order valence-electron chi connectivity index (χ4n) is 2.43. The minimum atomic E-state index is 0.0677. The molecule has 2 aromatic rings. The molecule has 6 nitrogen and oxygen atoms in total. The molecule has 0 radical (unpaired) electrons. The molecule has 2 heterocycles. The number of carbonyl (C=O) groups is 1. The van der Waals surface area contributed by atoms with Gasteiger partial charge in [-0.25, -0.2) is 0 Å². The van der Waals surface area contributed by atoms with Gasteiger partial charge in [0.2, 0.25) is 11.8 Å². The molecule has 1 aromatic carbocycles. The van der Waals surface area contributed by atoms with Gasteiger partial charge in [-0.05, 0) is 44.1 Å². The smallest absolute Gasteiger partial charge is 0.238 e. The number of aromatic nitrogens is 2. The molecule has 1 aliphatic heterocycles. The Morgan fingerprint density at radius 2 is 2.09 bits per heavy atom.